The van der Waals surface area contributed by atoms with Gasteiger partial charge in [-0.15, -0.1) is 0 Å². The summed E-state index contributed by atoms with van der Waals surface area (Å²) in [6, 6.07) is 9.27. The van der Waals surface area contributed by atoms with Gasteiger partial charge in [-0.25, -0.2) is 0 Å². The zero-order chi connectivity index (χ0) is 13.7. The minimum Gasteiger partial charge on any atom is -0.392 e. The lowest BCUT2D eigenvalue weighted by molar-refractivity contribution is 0.0442. The lowest BCUT2D eigenvalue weighted by Gasteiger charge is -2.26. The van der Waals surface area contributed by atoms with Crippen molar-refractivity contribution >= 4 is 5.78 Å². The second-order valence-corrected chi connectivity index (χ2v) is 5.70. The molecule has 2 unspecified atom stereocenters. The Balaban J connectivity index is 2.93. The van der Waals surface area contributed by atoms with Gasteiger partial charge in [0.05, 0.1) is 6.10 Å². The molecule has 100 valence electrons. The number of carbonyl (C=O) groups is 1. The van der Waals surface area contributed by atoms with Crippen LogP contribution in [0.15, 0.2) is 30.3 Å². The van der Waals surface area contributed by atoms with Gasteiger partial charge in [0.2, 0.25) is 0 Å². The fourth-order valence-electron chi connectivity index (χ4n) is 2.19. The van der Waals surface area contributed by atoms with Crippen LogP contribution in [0, 0.1) is 17.8 Å². The minimum atomic E-state index is -0.569. The summed E-state index contributed by atoms with van der Waals surface area (Å²) < 4.78 is 0. The van der Waals surface area contributed by atoms with Crippen molar-refractivity contribution in [3.63, 3.8) is 0 Å². The first-order chi connectivity index (χ1) is 8.43. The maximum absolute atomic E-state index is 12.5. The summed E-state index contributed by atoms with van der Waals surface area (Å²) in [5.41, 5.74) is 0.697. The Bertz CT molecular complexity index is 368. The average molecular weight is 248 g/mol. The predicted octanol–water partition coefficient (Wildman–Crippen LogP) is 3.55. The summed E-state index contributed by atoms with van der Waals surface area (Å²) >= 11 is 0. The Morgan fingerprint density at radius 2 is 1.67 bits per heavy atom. The third-order valence-electron chi connectivity index (χ3n) is 3.22. The van der Waals surface area contributed by atoms with E-state index in [-0.39, 0.29) is 17.6 Å². The number of aliphatic hydroxyl groups is 1. The molecule has 2 heteroatoms. The zero-order valence-electron chi connectivity index (χ0n) is 11.8. The lowest BCUT2D eigenvalue weighted by atomic mass is 9.81. The fraction of sp³-hybridized carbons (Fsp3) is 0.562. The van der Waals surface area contributed by atoms with E-state index in [1.165, 1.54) is 0 Å². The summed E-state index contributed by atoms with van der Waals surface area (Å²) in [4.78, 5) is 12.5. The van der Waals surface area contributed by atoms with Crippen LogP contribution in [0.25, 0.3) is 0 Å². The topological polar surface area (TPSA) is 37.3 Å². The monoisotopic (exact) mass is 248 g/mol. The van der Waals surface area contributed by atoms with Crippen LogP contribution < -0.4 is 0 Å². The molecule has 1 rings (SSSR count). The van der Waals surface area contributed by atoms with Gasteiger partial charge in [0.15, 0.2) is 5.78 Å². The van der Waals surface area contributed by atoms with Gasteiger partial charge in [-0.05, 0) is 18.3 Å². The molecule has 1 N–H and O–H groups in total. The van der Waals surface area contributed by atoms with Crippen LogP contribution in [0.5, 0.6) is 0 Å². The molecule has 0 aliphatic heterocycles. The highest BCUT2D eigenvalue weighted by Crippen LogP contribution is 2.24. The third-order valence-corrected chi connectivity index (χ3v) is 3.22. The van der Waals surface area contributed by atoms with Crippen LogP contribution >= 0.6 is 0 Å². The van der Waals surface area contributed by atoms with Crippen LogP contribution in [-0.4, -0.2) is 17.0 Å². The summed E-state index contributed by atoms with van der Waals surface area (Å²) in [5, 5.41) is 10.2. The first-order valence-electron chi connectivity index (χ1n) is 6.70. The van der Waals surface area contributed by atoms with Crippen molar-refractivity contribution in [2.75, 3.05) is 0 Å². The quantitative estimate of drug-likeness (QED) is 0.782. The maximum atomic E-state index is 12.5. The molecule has 0 spiro atoms. The first-order valence-corrected chi connectivity index (χ1v) is 6.70. The van der Waals surface area contributed by atoms with Gasteiger partial charge < -0.3 is 5.11 Å². The molecule has 18 heavy (non-hydrogen) atoms. The van der Waals surface area contributed by atoms with Crippen molar-refractivity contribution in [1.29, 1.82) is 0 Å². The van der Waals surface area contributed by atoms with Crippen LogP contribution in [0.4, 0.5) is 0 Å². The van der Waals surface area contributed by atoms with Crippen molar-refractivity contribution in [3.05, 3.63) is 35.9 Å². The number of aliphatic hydroxyl groups excluding tert-OH is 1. The van der Waals surface area contributed by atoms with E-state index >= 15 is 0 Å². The van der Waals surface area contributed by atoms with Crippen molar-refractivity contribution in [2.45, 2.75) is 40.2 Å². The van der Waals surface area contributed by atoms with Crippen molar-refractivity contribution < 1.29 is 9.90 Å². The second kappa shape index (κ2) is 6.69. The van der Waals surface area contributed by atoms with E-state index in [4.69, 9.17) is 0 Å². The predicted molar refractivity (Wildman–Crippen MR) is 74.6 cm³/mol. The van der Waals surface area contributed by atoms with E-state index < -0.39 is 6.10 Å². The number of Topliss-reactive ketones (excluding diaryl/α,β-unsaturated/α-hetero) is 1. The van der Waals surface area contributed by atoms with E-state index in [2.05, 4.69) is 13.8 Å². The molecule has 0 aliphatic carbocycles. The van der Waals surface area contributed by atoms with Crippen LogP contribution in [0.3, 0.4) is 0 Å². The molecule has 0 fully saturated rings. The standard InChI is InChI=1S/C16H24O2/c1-11(2)10-14(15(17)12(3)4)16(18)13-8-6-5-7-9-13/h5-9,11-12,14-15,17H,10H2,1-4H3. The molecule has 2 atom stereocenters. The first kappa shape index (κ1) is 14.9. The molecule has 0 bridgehead atoms. The summed E-state index contributed by atoms with van der Waals surface area (Å²) in [6.45, 7) is 8.07. The molecule has 0 amide bonds. The Hall–Kier alpha value is -1.15. The van der Waals surface area contributed by atoms with E-state index in [0.717, 1.165) is 6.42 Å². The largest absolute Gasteiger partial charge is 0.392 e. The van der Waals surface area contributed by atoms with Gasteiger partial charge in [-0.3, -0.25) is 4.79 Å². The Kier molecular flexibility index (Phi) is 5.54. The molecule has 2 nitrogen and oxygen atoms in total. The molecule has 0 aromatic heterocycles. The highest BCUT2D eigenvalue weighted by Gasteiger charge is 2.30. The van der Waals surface area contributed by atoms with E-state index in [0.29, 0.717) is 11.5 Å². The lowest BCUT2D eigenvalue weighted by Crippen LogP contribution is -2.33. The molecule has 0 radical (unpaired) electrons. The number of rotatable bonds is 6. The van der Waals surface area contributed by atoms with Crippen LogP contribution in [0.2, 0.25) is 0 Å². The van der Waals surface area contributed by atoms with Crippen LogP contribution in [-0.2, 0) is 0 Å². The van der Waals surface area contributed by atoms with E-state index in [9.17, 15) is 9.90 Å². The van der Waals surface area contributed by atoms with Crippen molar-refractivity contribution in [3.8, 4) is 0 Å². The Labute approximate surface area is 110 Å². The van der Waals surface area contributed by atoms with Gasteiger partial charge >= 0.3 is 0 Å². The van der Waals surface area contributed by atoms with Gasteiger partial charge in [0, 0.05) is 11.5 Å². The normalized spacial score (nSPS) is 14.8. The Morgan fingerprint density at radius 1 is 1.11 bits per heavy atom. The smallest absolute Gasteiger partial charge is 0.168 e. The molecular weight excluding hydrogens is 224 g/mol. The molecule has 0 saturated heterocycles. The van der Waals surface area contributed by atoms with E-state index in [1.807, 2.05) is 44.2 Å². The highest BCUT2D eigenvalue weighted by molar-refractivity contribution is 5.98. The number of ketones is 1. The number of benzene rings is 1. The minimum absolute atomic E-state index is 0.0606. The fourth-order valence-corrected chi connectivity index (χ4v) is 2.19. The highest BCUT2D eigenvalue weighted by atomic mass is 16.3. The van der Waals surface area contributed by atoms with Gasteiger partial charge in [-0.1, -0.05) is 58.0 Å². The molecule has 1 aromatic carbocycles. The maximum Gasteiger partial charge on any atom is 0.168 e. The van der Waals surface area contributed by atoms with Gasteiger partial charge in [0.1, 0.15) is 0 Å². The summed E-state index contributed by atoms with van der Waals surface area (Å²) in [7, 11) is 0. The third kappa shape index (κ3) is 3.95. The molecular formula is C16H24O2. The van der Waals surface area contributed by atoms with Gasteiger partial charge in [0.25, 0.3) is 0 Å². The summed E-state index contributed by atoms with van der Waals surface area (Å²) in [5.74, 6) is 0.260. The molecule has 1 aromatic rings. The van der Waals surface area contributed by atoms with Crippen molar-refractivity contribution in [2.24, 2.45) is 17.8 Å². The molecule has 0 saturated carbocycles. The zero-order valence-corrected chi connectivity index (χ0v) is 11.8. The van der Waals surface area contributed by atoms with Crippen molar-refractivity contribution in [1.82, 2.24) is 0 Å². The van der Waals surface area contributed by atoms with Crippen LogP contribution in [0.1, 0.15) is 44.5 Å². The van der Waals surface area contributed by atoms with E-state index in [1.54, 1.807) is 0 Å². The average Bonchev–Trinajstić information content (AvgIpc) is 2.35. The number of carbonyl (C=O) groups excluding carboxylic acids is 1. The molecule has 0 aliphatic rings. The Morgan fingerprint density at radius 3 is 2.11 bits per heavy atom. The SMILES string of the molecule is CC(C)CC(C(=O)c1ccccc1)C(O)C(C)C. The number of hydrogen-bond acceptors (Lipinski definition) is 2. The molecule has 0 heterocycles. The number of hydrogen-bond donors (Lipinski definition) is 1. The van der Waals surface area contributed by atoms with Gasteiger partial charge in [-0.2, -0.15) is 0 Å². The second-order valence-electron chi connectivity index (χ2n) is 5.70. The summed E-state index contributed by atoms with van der Waals surface area (Å²) in [6.07, 6.45) is 0.160.